The molecule has 1 aromatic carbocycles. The van der Waals surface area contributed by atoms with Gasteiger partial charge in [0, 0.05) is 13.1 Å². The van der Waals surface area contributed by atoms with Crippen LogP contribution in [0.5, 0.6) is 0 Å². The van der Waals surface area contributed by atoms with Crippen molar-refractivity contribution in [2.24, 2.45) is 0 Å². The first-order valence-electron chi connectivity index (χ1n) is 11.8. The van der Waals surface area contributed by atoms with Gasteiger partial charge in [0.05, 0.1) is 19.6 Å². The molecule has 0 aromatic heterocycles. The van der Waals surface area contributed by atoms with Crippen molar-refractivity contribution in [2.75, 3.05) is 26.3 Å². The molecule has 0 aliphatic heterocycles. The van der Waals surface area contributed by atoms with Crippen LogP contribution in [-0.4, -0.2) is 71.8 Å². The van der Waals surface area contributed by atoms with E-state index in [1.807, 2.05) is 19.9 Å². The molecule has 0 bridgehead atoms. The molecule has 0 aliphatic rings. The van der Waals surface area contributed by atoms with Gasteiger partial charge in [-0.3, -0.25) is 14.4 Å². The van der Waals surface area contributed by atoms with E-state index in [2.05, 4.69) is 10.6 Å². The number of nitrogens with zero attached hydrogens (tertiary/aromatic N) is 1. The number of nitrogens with one attached hydrogen (secondary N) is 2. The summed E-state index contributed by atoms with van der Waals surface area (Å²) in [6.45, 7) is 10.2. The second-order valence-corrected chi connectivity index (χ2v) is 9.08. The average molecular weight is 494 g/mol. The van der Waals surface area contributed by atoms with Gasteiger partial charge in [0.25, 0.3) is 0 Å². The number of benzene rings is 1. The number of aryl methyl sites for hydroxylation is 1. The number of amides is 3. The van der Waals surface area contributed by atoms with Crippen LogP contribution in [0.4, 0.5) is 4.79 Å². The first kappa shape index (κ1) is 29.9. The van der Waals surface area contributed by atoms with E-state index in [9.17, 15) is 24.3 Å². The minimum Gasteiger partial charge on any atom is -0.466 e. The van der Waals surface area contributed by atoms with Gasteiger partial charge in [-0.15, -0.1) is 0 Å². The van der Waals surface area contributed by atoms with Crippen LogP contribution in [-0.2, 0) is 23.9 Å². The zero-order chi connectivity index (χ0) is 26.6. The van der Waals surface area contributed by atoms with E-state index in [0.29, 0.717) is 12.0 Å². The lowest BCUT2D eigenvalue weighted by atomic mass is 10.0. The van der Waals surface area contributed by atoms with Crippen molar-refractivity contribution in [3.63, 3.8) is 0 Å². The Labute approximate surface area is 207 Å². The Kier molecular flexibility index (Phi) is 12.2. The molecule has 0 heterocycles. The number of rotatable bonds is 12. The van der Waals surface area contributed by atoms with Crippen molar-refractivity contribution < 1.29 is 33.8 Å². The first-order chi connectivity index (χ1) is 16.4. The molecule has 1 aromatic rings. The van der Waals surface area contributed by atoms with Crippen LogP contribution in [0, 0.1) is 6.92 Å². The van der Waals surface area contributed by atoms with Gasteiger partial charge in [-0.1, -0.05) is 36.8 Å². The normalized spacial score (nSPS) is 12.8. The molecule has 196 valence electrons. The van der Waals surface area contributed by atoms with E-state index in [-0.39, 0.29) is 26.1 Å². The molecule has 0 fully saturated rings. The van der Waals surface area contributed by atoms with Crippen LogP contribution in [0.2, 0.25) is 0 Å². The molecule has 10 heteroatoms. The van der Waals surface area contributed by atoms with E-state index in [4.69, 9.17) is 9.47 Å². The Hall–Kier alpha value is -3.14. The number of carbonyl (C=O) groups is 4. The highest BCUT2D eigenvalue weighted by Gasteiger charge is 2.35. The standard InChI is InChI=1S/C25H39N3O7/c1-7-14-28(23(32)19(16-29)27-24(33)35-25(4,5)6)21(18-11-9-10-17(3)15-18)22(31)26-13-12-20(30)34-8-2/h9-11,15,19,21,29H,7-8,12-14,16H2,1-6H3,(H,26,31)(H,27,33). The summed E-state index contributed by atoms with van der Waals surface area (Å²) >= 11 is 0. The lowest BCUT2D eigenvalue weighted by molar-refractivity contribution is -0.144. The summed E-state index contributed by atoms with van der Waals surface area (Å²) in [6, 6.07) is 4.82. The number of ether oxygens (including phenoxy) is 2. The van der Waals surface area contributed by atoms with Gasteiger partial charge >= 0.3 is 12.1 Å². The lowest BCUT2D eigenvalue weighted by Crippen LogP contribution is -2.54. The quantitative estimate of drug-likeness (QED) is 0.380. The molecule has 3 amide bonds. The molecular weight excluding hydrogens is 454 g/mol. The van der Waals surface area contributed by atoms with Crippen LogP contribution in [0.3, 0.4) is 0 Å². The molecule has 0 saturated heterocycles. The van der Waals surface area contributed by atoms with Crippen molar-refractivity contribution in [1.82, 2.24) is 15.5 Å². The number of hydrogen-bond acceptors (Lipinski definition) is 7. The summed E-state index contributed by atoms with van der Waals surface area (Å²) in [7, 11) is 0. The van der Waals surface area contributed by atoms with Crippen LogP contribution in [0.15, 0.2) is 24.3 Å². The van der Waals surface area contributed by atoms with Gasteiger partial charge in [0.15, 0.2) is 0 Å². The van der Waals surface area contributed by atoms with Crippen LogP contribution in [0.1, 0.15) is 64.6 Å². The van der Waals surface area contributed by atoms with Crippen LogP contribution in [0.25, 0.3) is 0 Å². The first-order valence-corrected chi connectivity index (χ1v) is 11.8. The Bertz CT molecular complexity index is 867. The molecule has 3 N–H and O–H groups in total. The highest BCUT2D eigenvalue weighted by atomic mass is 16.6. The summed E-state index contributed by atoms with van der Waals surface area (Å²) in [6.07, 6.45) is -0.344. The Morgan fingerprint density at radius 1 is 1.14 bits per heavy atom. The van der Waals surface area contributed by atoms with Crippen molar-refractivity contribution in [1.29, 1.82) is 0 Å². The summed E-state index contributed by atoms with van der Waals surface area (Å²) in [5, 5.41) is 15.0. The van der Waals surface area contributed by atoms with Crippen LogP contribution < -0.4 is 10.6 Å². The molecule has 10 nitrogen and oxygen atoms in total. The van der Waals surface area contributed by atoms with Crippen molar-refractivity contribution in [3.05, 3.63) is 35.4 Å². The fourth-order valence-corrected chi connectivity index (χ4v) is 3.37. The number of alkyl carbamates (subject to hydrolysis) is 1. The molecule has 2 unspecified atom stereocenters. The lowest BCUT2D eigenvalue weighted by Gasteiger charge is -2.34. The zero-order valence-electron chi connectivity index (χ0n) is 21.6. The molecule has 1 rings (SSSR count). The third kappa shape index (κ3) is 10.3. The van der Waals surface area contributed by atoms with E-state index < -0.39 is 48.2 Å². The highest BCUT2D eigenvalue weighted by Crippen LogP contribution is 2.24. The molecule has 0 spiro atoms. The largest absolute Gasteiger partial charge is 0.466 e. The van der Waals surface area contributed by atoms with Gasteiger partial charge in [-0.25, -0.2) is 4.79 Å². The van der Waals surface area contributed by atoms with Crippen molar-refractivity contribution >= 4 is 23.9 Å². The SMILES string of the molecule is CCCN(C(=O)C(CO)NC(=O)OC(C)(C)C)C(C(=O)NCCC(=O)OCC)c1cccc(C)c1. The molecule has 0 radical (unpaired) electrons. The predicted molar refractivity (Wildman–Crippen MR) is 130 cm³/mol. The average Bonchev–Trinajstić information content (AvgIpc) is 2.75. The van der Waals surface area contributed by atoms with E-state index in [0.717, 1.165) is 5.56 Å². The van der Waals surface area contributed by atoms with Crippen molar-refractivity contribution in [3.8, 4) is 0 Å². The maximum atomic E-state index is 13.5. The maximum absolute atomic E-state index is 13.5. The zero-order valence-corrected chi connectivity index (χ0v) is 21.6. The summed E-state index contributed by atoms with van der Waals surface area (Å²) in [5.74, 6) is -1.56. The number of carbonyl (C=O) groups excluding carboxylic acids is 4. The number of hydrogen-bond donors (Lipinski definition) is 3. The molecule has 2 atom stereocenters. The number of esters is 1. The third-order valence-corrected chi connectivity index (χ3v) is 4.77. The summed E-state index contributed by atoms with van der Waals surface area (Å²) in [5.41, 5.74) is 0.662. The van der Waals surface area contributed by atoms with E-state index >= 15 is 0 Å². The second kappa shape index (κ2) is 14.3. The Balaban J connectivity index is 3.23. The van der Waals surface area contributed by atoms with Gasteiger partial charge in [0.2, 0.25) is 11.8 Å². The fraction of sp³-hybridized carbons (Fsp3) is 0.600. The summed E-state index contributed by atoms with van der Waals surface area (Å²) in [4.78, 5) is 52.0. The summed E-state index contributed by atoms with van der Waals surface area (Å²) < 4.78 is 10.1. The molecule has 35 heavy (non-hydrogen) atoms. The van der Waals surface area contributed by atoms with Gasteiger partial charge in [-0.05, 0) is 46.6 Å². The maximum Gasteiger partial charge on any atom is 0.408 e. The highest BCUT2D eigenvalue weighted by molar-refractivity contribution is 5.92. The fourth-order valence-electron chi connectivity index (χ4n) is 3.37. The molecular formula is C25H39N3O7. The van der Waals surface area contributed by atoms with Crippen LogP contribution >= 0.6 is 0 Å². The monoisotopic (exact) mass is 493 g/mol. The number of aliphatic hydroxyl groups is 1. The van der Waals surface area contributed by atoms with Gasteiger partial charge < -0.3 is 30.1 Å². The Morgan fingerprint density at radius 3 is 2.37 bits per heavy atom. The smallest absolute Gasteiger partial charge is 0.408 e. The topological polar surface area (TPSA) is 134 Å². The predicted octanol–water partition coefficient (Wildman–Crippen LogP) is 2.23. The minimum absolute atomic E-state index is 0.0126. The molecule has 0 aliphatic carbocycles. The number of aliphatic hydroxyl groups excluding tert-OH is 1. The third-order valence-electron chi connectivity index (χ3n) is 4.77. The van der Waals surface area contributed by atoms with E-state index in [1.165, 1.54) is 4.90 Å². The second-order valence-electron chi connectivity index (χ2n) is 9.08. The van der Waals surface area contributed by atoms with Gasteiger partial charge in [0.1, 0.15) is 17.7 Å². The molecule has 0 saturated carbocycles. The van der Waals surface area contributed by atoms with Crippen molar-refractivity contribution in [2.45, 2.75) is 72.1 Å². The Morgan fingerprint density at radius 2 is 1.83 bits per heavy atom. The van der Waals surface area contributed by atoms with E-state index in [1.54, 1.807) is 45.9 Å². The van der Waals surface area contributed by atoms with Gasteiger partial charge in [-0.2, -0.15) is 0 Å². The minimum atomic E-state index is -1.31.